The van der Waals surface area contributed by atoms with E-state index in [1.165, 1.54) is 18.2 Å². The molecule has 0 aliphatic rings. The van der Waals surface area contributed by atoms with Crippen molar-refractivity contribution in [2.75, 3.05) is 5.32 Å². The molecule has 0 fully saturated rings. The number of anilines is 1. The minimum atomic E-state index is -4.45. The summed E-state index contributed by atoms with van der Waals surface area (Å²) in [6.45, 7) is 0. The van der Waals surface area contributed by atoms with Crippen molar-refractivity contribution >= 4 is 23.2 Å². The fraction of sp³-hybridized carbons (Fsp3) is 0.0667. The van der Waals surface area contributed by atoms with Crippen molar-refractivity contribution in [3.8, 4) is 6.07 Å². The SMILES string of the molecule is N#Cc1ccc(NC(=O)c2ccc(C(F)(F)F)cc2)cc1Cl. The predicted octanol–water partition coefficient (Wildman–Crippen LogP) is 4.48. The van der Waals surface area contributed by atoms with Crippen LogP contribution in [0.3, 0.4) is 0 Å². The maximum atomic E-state index is 12.4. The molecule has 0 aromatic heterocycles. The first kappa shape index (κ1) is 15.9. The molecule has 2 aromatic carbocycles. The molecule has 0 unspecified atom stereocenters. The average Bonchev–Trinajstić information content (AvgIpc) is 2.46. The number of nitrogens with one attached hydrogen (secondary N) is 1. The van der Waals surface area contributed by atoms with Gasteiger partial charge in [-0.25, -0.2) is 0 Å². The monoisotopic (exact) mass is 324 g/mol. The van der Waals surface area contributed by atoms with Crippen LogP contribution < -0.4 is 5.32 Å². The second-order valence-electron chi connectivity index (χ2n) is 4.34. The van der Waals surface area contributed by atoms with Gasteiger partial charge in [-0.1, -0.05) is 11.6 Å². The van der Waals surface area contributed by atoms with Crippen molar-refractivity contribution in [3.63, 3.8) is 0 Å². The highest BCUT2D eigenvalue weighted by atomic mass is 35.5. The first-order valence-electron chi connectivity index (χ1n) is 5.99. The summed E-state index contributed by atoms with van der Waals surface area (Å²) in [6.07, 6.45) is -4.45. The Hall–Kier alpha value is -2.52. The fourth-order valence-electron chi connectivity index (χ4n) is 1.70. The Labute approximate surface area is 128 Å². The van der Waals surface area contributed by atoms with Gasteiger partial charge in [-0.2, -0.15) is 18.4 Å². The number of hydrogen-bond acceptors (Lipinski definition) is 2. The van der Waals surface area contributed by atoms with E-state index in [2.05, 4.69) is 5.32 Å². The number of rotatable bonds is 2. The van der Waals surface area contributed by atoms with Gasteiger partial charge in [-0.15, -0.1) is 0 Å². The minimum absolute atomic E-state index is 0.0773. The third kappa shape index (κ3) is 3.57. The highest BCUT2D eigenvalue weighted by molar-refractivity contribution is 6.32. The van der Waals surface area contributed by atoms with Crippen LogP contribution in [0.25, 0.3) is 0 Å². The maximum absolute atomic E-state index is 12.4. The highest BCUT2D eigenvalue weighted by Gasteiger charge is 2.30. The average molecular weight is 325 g/mol. The lowest BCUT2D eigenvalue weighted by atomic mass is 10.1. The topological polar surface area (TPSA) is 52.9 Å². The van der Waals surface area contributed by atoms with Crippen molar-refractivity contribution in [1.82, 2.24) is 0 Å². The van der Waals surface area contributed by atoms with Crippen molar-refractivity contribution in [2.24, 2.45) is 0 Å². The number of halogens is 4. The van der Waals surface area contributed by atoms with Crippen molar-refractivity contribution < 1.29 is 18.0 Å². The molecule has 22 heavy (non-hydrogen) atoms. The molecule has 0 saturated heterocycles. The molecule has 0 aliphatic carbocycles. The Balaban J connectivity index is 2.16. The summed E-state index contributed by atoms with van der Waals surface area (Å²) in [5, 5.41) is 11.4. The lowest BCUT2D eigenvalue weighted by Crippen LogP contribution is -2.12. The first-order chi connectivity index (χ1) is 10.3. The minimum Gasteiger partial charge on any atom is -0.322 e. The van der Waals surface area contributed by atoms with Crippen LogP contribution in [0.15, 0.2) is 42.5 Å². The summed E-state index contributed by atoms with van der Waals surface area (Å²) in [5.74, 6) is -0.575. The van der Waals surface area contributed by atoms with Crippen LogP contribution in [0.2, 0.25) is 5.02 Å². The summed E-state index contributed by atoms with van der Waals surface area (Å²) in [7, 11) is 0. The normalized spacial score (nSPS) is 10.9. The van der Waals surface area contributed by atoms with Crippen LogP contribution >= 0.6 is 11.6 Å². The van der Waals surface area contributed by atoms with Crippen molar-refractivity contribution in [2.45, 2.75) is 6.18 Å². The molecule has 0 radical (unpaired) electrons. The van der Waals surface area contributed by atoms with E-state index in [4.69, 9.17) is 16.9 Å². The van der Waals surface area contributed by atoms with Crippen LogP contribution in [0, 0.1) is 11.3 Å². The van der Waals surface area contributed by atoms with Gasteiger partial charge >= 0.3 is 6.18 Å². The van der Waals surface area contributed by atoms with Crippen molar-refractivity contribution in [1.29, 1.82) is 5.26 Å². The molecule has 0 bridgehead atoms. The van der Waals surface area contributed by atoms with E-state index in [1.807, 2.05) is 6.07 Å². The fourth-order valence-corrected chi connectivity index (χ4v) is 1.92. The summed E-state index contributed by atoms with van der Waals surface area (Å²) in [5.41, 5.74) is -0.151. The van der Waals surface area contributed by atoms with Crippen LogP contribution in [-0.2, 0) is 6.18 Å². The van der Waals surface area contributed by atoms with E-state index in [0.717, 1.165) is 24.3 Å². The van der Waals surface area contributed by atoms with Crippen LogP contribution in [-0.4, -0.2) is 5.91 Å². The number of carbonyl (C=O) groups excluding carboxylic acids is 1. The lowest BCUT2D eigenvalue weighted by molar-refractivity contribution is -0.137. The lowest BCUT2D eigenvalue weighted by Gasteiger charge is -2.09. The molecule has 1 N–H and O–H groups in total. The van der Waals surface area contributed by atoms with Gasteiger partial charge in [0.15, 0.2) is 0 Å². The Morgan fingerprint density at radius 2 is 1.77 bits per heavy atom. The van der Waals surface area contributed by atoms with E-state index in [-0.39, 0.29) is 16.1 Å². The van der Waals surface area contributed by atoms with Crippen LogP contribution in [0.1, 0.15) is 21.5 Å². The quantitative estimate of drug-likeness (QED) is 0.885. The number of amides is 1. The maximum Gasteiger partial charge on any atom is 0.416 e. The van der Waals surface area contributed by atoms with E-state index in [9.17, 15) is 18.0 Å². The first-order valence-corrected chi connectivity index (χ1v) is 6.37. The molecule has 0 heterocycles. The van der Waals surface area contributed by atoms with Gasteiger partial charge in [0.1, 0.15) is 6.07 Å². The number of nitrogens with zero attached hydrogens (tertiary/aromatic N) is 1. The molecule has 7 heteroatoms. The Bertz CT molecular complexity index is 749. The zero-order chi connectivity index (χ0) is 16.3. The molecule has 1 amide bonds. The number of nitriles is 1. The Kier molecular flexibility index (Phi) is 4.38. The summed E-state index contributed by atoms with van der Waals surface area (Å²) in [6, 6.07) is 10.0. The smallest absolute Gasteiger partial charge is 0.322 e. The zero-order valence-corrected chi connectivity index (χ0v) is 11.7. The Morgan fingerprint density at radius 1 is 1.14 bits per heavy atom. The number of alkyl halides is 3. The van der Waals surface area contributed by atoms with Gasteiger partial charge in [0, 0.05) is 11.3 Å². The summed E-state index contributed by atoms with van der Waals surface area (Å²) < 4.78 is 37.3. The van der Waals surface area contributed by atoms with Gasteiger partial charge < -0.3 is 5.32 Å². The van der Waals surface area contributed by atoms with Gasteiger partial charge in [0.05, 0.1) is 16.1 Å². The number of hydrogen-bond donors (Lipinski definition) is 1. The zero-order valence-electron chi connectivity index (χ0n) is 10.9. The van der Waals surface area contributed by atoms with Crippen LogP contribution in [0.4, 0.5) is 18.9 Å². The molecule has 0 aliphatic heterocycles. The third-order valence-electron chi connectivity index (χ3n) is 2.82. The molecule has 2 rings (SSSR count). The van der Waals surface area contributed by atoms with E-state index < -0.39 is 17.6 Å². The molecular weight excluding hydrogens is 317 g/mol. The van der Waals surface area contributed by atoms with Gasteiger partial charge in [-0.3, -0.25) is 4.79 Å². The second-order valence-corrected chi connectivity index (χ2v) is 4.74. The summed E-state index contributed by atoms with van der Waals surface area (Å²) >= 11 is 5.83. The second kappa shape index (κ2) is 6.08. The molecule has 0 spiro atoms. The predicted molar refractivity (Wildman–Crippen MR) is 75.6 cm³/mol. The molecular formula is C15H8ClF3N2O. The molecule has 2 aromatic rings. The molecule has 0 saturated carbocycles. The Morgan fingerprint density at radius 3 is 2.27 bits per heavy atom. The molecule has 3 nitrogen and oxygen atoms in total. The van der Waals surface area contributed by atoms with E-state index in [0.29, 0.717) is 5.69 Å². The van der Waals surface area contributed by atoms with Crippen molar-refractivity contribution in [3.05, 3.63) is 64.2 Å². The van der Waals surface area contributed by atoms with E-state index >= 15 is 0 Å². The van der Waals surface area contributed by atoms with Gasteiger partial charge in [-0.05, 0) is 42.5 Å². The number of benzene rings is 2. The number of carbonyl (C=O) groups is 1. The van der Waals surface area contributed by atoms with E-state index in [1.54, 1.807) is 0 Å². The standard InChI is InChI=1S/C15H8ClF3N2O/c16-13-7-12(6-3-10(13)8-20)21-14(22)9-1-4-11(5-2-9)15(17,18)19/h1-7H,(H,21,22). The molecule has 112 valence electrons. The molecule has 0 atom stereocenters. The summed E-state index contributed by atoms with van der Waals surface area (Å²) in [4.78, 5) is 11.9. The van der Waals surface area contributed by atoms with Gasteiger partial charge in [0.25, 0.3) is 5.91 Å². The van der Waals surface area contributed by atoms with Crippen LogP contribution in [0.5, 0.6) is 0 Å². The largest absolute Gasteiger partial charge is 0.416 e. The van der Waals surface area contributed by atoms with Gasteiger partial charge in [0.2, 0.25) is 0 Å². The third-order valence-corrected chi connectivity index (χ3v) is 3.13. The highest BCUT2D eigenvalue weighted by Crippen LogP contribution is 2.29.